The summed E-state index contributed by atoms with van der Waals surface area (Å²) in [6, 6.07) is -1.13. The van der Waals surface area contributed by atoms with Crippen molar-refractivity contribution in [2.75, 3.05) is 12.0 Å². The second-order valence-corrected chi connectivity index (χ2v) is 8.12. The maximum atomic E-state index is 12.2. The molecule has 0 radical (unpaired) electrons. The molecule has 0 aliphatic heterocycles. The summed E-state index contributed by atoms with van der Waals surface area (Å²) in [5.41, 5.74) is 0. The Morgan fingerprint density at radius 2 is 1.67 bits per heavy atom. The molecule has 2 N–H and O–H groups in total. The van der Waals surface area contributed by atoms with Gasteiger partial charge in [-0.2, -0.15) is 0 Å². The molecule has 1 rings (SSSR count). The zero-order valence-electron chi connectivity index (χ0n) is 12.5. The third kappa shape index (κ3) is 7.45. The first-order valence-corrected chi connectivity index (χ1v) is 9.56. The van der Waals surface area contributed by atoms with Crippen LogP contribution in [0.5, 0.6) is 0 Å². The van der Waals surface area contributed by atoms with Crippen molar-refractivity contribution in [1.82, 2.24) is 5.32 Å². The molecule has 1 aliphatic rings. The van der Waals surface area contributed by atoms with E-state index in [9.17, 15) is 18.0 Å². The Kier molecular flexibility index (Phi) is 7.14. The van der Waals surface area contributed by atoms with E-state index in [0.717, 1.165) is 44.8 Å². The molecule has 1 aliphatic carbocycles. The molecule has 0 heterocycles. The number of nitrogens with one attached hydrogen (secondary N) is 1. The highest BCUT2D eigenvalue weighted by molar-refractivity contribution is 7.90. The summed E-state index contributed by atoms with van der Waals surface area (Å²) in [5.74, 6) is -1.82. The lowest BCUT2D eigenvalue weighted by atomic mass is 9.90. The van der Waals surface area contributed by atoms with Gasteiger partial charge in [0.1, 0.15) is 15.9 Å². The Hall–Kier alpha value is -1.11. The normalized spacial score (nSPS) is 19.3. The number of carboxylic acids is 1. The quantitative estimate of drug-likeness (QED) is 0.769. The van der Waals surface area contributed by atoms with Gasteiger partial charge >= 0.3 is 5.97 Å². The zero-order valence-corrected chi connectivity index (χ0v) is 13.3. The van der Waals surface area contributed by atoms with E-state index in [0.29, 0.717) is 0 Å². The van der Waals surface area contributed by atoms with Gasteiger partial charge in [-0.1, -0.05) is 32.1 Å². The van der Waals surface area contributed by atoms with Gasteiger partial charge in [-0.3, -0.25) is 4.79 Å². The van der Waals surface area contributed by atoms with Gasteiger partial charge in [0.05, 0.1) is 5.75 Å². The average Bonchev–Trinajstić information content (AvgIpc) is 2.32. The molecule has 0 spiro atoms. The summed E-state index contributed by atoms with van der Waals surface area (Å²) in [4.78, 5) is 23.3. The van der Waals surface area contributed by atoms with E-state index in [1.54, 1.807) is 0 Å². The van der Waals surface area contributed by atoms with Crippen LogP contribution in [0.25, 0.3) is 0 Å². The van der Waals surface area contributed by atoms with Gasteiger partial charge < -0.3 is 10.4 Å². The molecule has 1 amide bonds. The maximum Gasteiger partial charge on any atom is 0.326 e. The number of carboxylic acid groups (broad SMARTS) is 1. The number of aliphatic carboxylic acids is 1. The Balaban J connectivity index is 2.56. The second-order valence-electron chi connectivity index (χ2n) is 5.86. The third-order valence-corrected chi connectivity index (χ3v) is 4.85. The van der Waals surface area contributed by atoms with Gasteiger partial charge in [0.25, 0.3) is 0 Å². The number of sulfone groups is 1. The molecule has 6 nitrogen and oxygen atoms in total. The summed E-state index contributed by atoms with van der Waals surface area (Å²) >= 11 is 0. The summed E-state index contributed by atoms with van der Waals surface area (Å²) in [7, 11) is -3.24. The van der Waals surface area contributed by atoms with Crippen LogP contribution in [0, 0.1) is 5.92 Å². The molecule has 122 valence electrons. The highest BCUT2D eigenvalue weighted by Gasteiger charge is 2.26. The van der Waals surface area contributed by atoms with Crippen molar-refractivity contribution >= 4 is 21.7 Å². The second kappa shape index (κ2) is 8.36. The van der Waals surface area contributed by atoms with Crippen LogP contribution < -0.4 is 5.32 Å². The van der Waals surface area contributed by atoms with Crippen molar-refractivity contribution in [3.05, 3.63) is 0 Å². The van der Waals surface area contributed by atoms with Crippen LogP contribution in [-0.2, 0) is 19.4 Å². The van der Waals surface area contributed by atoms with Gasteiger partial charge in [0.15, 0.2) is 0 Å². The van der Waals surface area contributed by atoms with Crippen LogP contribution in [-0.4, -0.2) is 43.5 Å². The Labute approximate surface area is 126 Å². The minimum absolute atomic E-state index is 0.0906. The number of carbonyl (C=O) groups is 2. The van der Waals surface area contributed by atoms with Gasteiger partial charge in [0, 0.05) is 12.2 Å². The van der Waals surface area contributed by atoms with E-state index < -0.39 is 21.8 Å². The first-order valence-electron chi connectivity index (χ1n) is 7.50. The third-order valence-electron chi connectivity index (χ3n) is 3.87. The smallest absolute Gasteiger partial charge is 0.326 e. The first-order chi connectivity index (χ1) is 9.79. The van der Waals surface area contributed by atoms with E-state index in [1.807, 2.05) is 0 Å². The van der Waals surface area contributed by atoms with Crippen molar-refractivity contribution < 1.29 is 23.1 Å². The highest BCUT2D eigenvalue weighted by Crippen LogP contribution is 2.22. The predicted octanol–water partition coefficient (Wildman–Crippen LogP) is 1.35. The van der Waals surface area contributed by atoms with Crippen LogP contribution in [0.1, 0.15) is 51.4 Å². The average molecular weight is 319 g/mol. The minimum atomic E-state index is -3.24. The van der Waals surface area contributed by atoms with Gasteiger partial charge in [-0.25, -0.2) is 13.2 Å². The minimum Gasteiger partial charge on any atom is -0.480 e. The van der Waals surface area contributed by atoms with Crippen LogP contribution >= 0.6 is 0 Å². The lowest BCUT2D eigenvalue weighted by Crippen LogP contribution is -2.44. The highest BCUT2D eigenvalue weighted by atomic mass is 32.2. The number of hydrogen-bond donors (Lipinski definition) is 2. The van der Waals surface area contributed by atoms with Crippen LogP contribution in [0.2, 0.25) is 0 Å². The van der Waals surface area contributed by atoms with E-state index in [-0.39, 0.29) is 24.0 Å². The van der Waals surface area contributed by atoms with Gasteiger partial charge in [-0.15, -0.1) is 0 Å². The zero-order chi connectivity index (χ0) is 15.9. The molecule has 0 aromatic carbocycles. The molecule has 1 unspecified atom stereocenters. The molecular weight excluding hydrogens is 294 g/mol. The monoisotopic (exact) mass is 319 g/mol. The van der Waals surface area contributed by atoms with Crippen molar-refractivity contribution in [1.29, 1.82) is 0 Å². The molecule has 0 aromatic rings. The fourth-order valence-electron chi connectivity index (χ4n) is 2.60. The van der Waals surface area contributed by atoms with Gasteiger partial charge in [0.2, 0.25) is 5.91 Å². The molecule has 1 atom stereocenters. The van der Waals surface area contributed by atoms with E-state index in [1.165, 1.54) is 6.42 Å². The number of carbonyl (C=O) groups excluding carboxylic acids is 1. The van der Waals surface area contributed by atoms with Crippen molar-refractivity contribution in [3.8, 4) is 0 Å². The SMILES string of the molecule is CS(=O)(=O)CCC(NC(=O)C1CCCCCCC1)C(=O)O. The van der Waals surface area contributed by atoms with E-state index in [2.05, 4.69) is 5.32 Å². The fourth-order valence-corrected chi connectivity index (χ4v) is 3.26. The topological polar surface area (TPSA) is 101 Å². The van der Waals surface area contributed by atoms with Crippen LogP contribution in [0.4, 0.5) is 0 Å². The summed E-state index contributed by atoms with van der Waals surface area (Å²) in [6.07, 6.45) is 7.92. The number of hydrogen-bond acceptors (Lipinski definition) is 4. The lowest BCUT2D eigenvalue weighted by molar-refractivity contribution is -0.142. The van der Waals surface area contributed by atoms with Crippen molar-refractivity contribution in [3.63, 3.8) is 0 Å². The lowest BCUT2D eigenvalue weighted by Gasteiger charge is -2.21. The van der Waals surface area contributed by atoms with Crippen LogP contribution in [0.15, 0.2) is 0 Å². The fraction of sp³-hybridized carbons (Fsp3) is 0.857. The summed E-state index contributed by atoms with van der Waals surface area (Å²) in [5, 5.41) is 11.6. The Morgan fingerprint density at radius 1 is 1.14 bits per heavy atom. The molecule has 7 heteroatoms. The number of rotatable bonds is 6. The molecule has 0 aromatic heterocycles. The summed E-state index contributed by atoms with van der Waals surface area (Å²) < 4.78 is 22.2. The summed E-state index contributed by atoms with van der Waals surface area (Å²) in [6.45, 7) is 0. The molecule has 0 saturated heterocycles. The first kappa shape index (κ1) is 17.9. The largest absolute Gasteiger partial charge is 0.480 e. The predicted molar refractivity (Wildman–Crippen MR) is 79.7 cm³/mol. The molecular formula is C14H25NO5S. The molecule has 1 fully saturated rings. The number of amides is 1. The Morgan fingerprint density at radius 3 is 2.14 bits per heavy atom. The molecule has 1 saturated carbocycles. The molecule has 0 bridgehead atoms. The maximum absolute atomic E-state index is 12.2. The Bertz CT molecular complexity index is 452. The van der Waals surface area contributed by atoms with E-state index in [4.69, 9.17) is 5.11 Å². The molecule has 21 heavy (non-hydrogen) atoms. The van der Waals surface area contributed by atoms with Crippen molar-refractivity contribution in [2.24, 2.45) is 5.92 Å². The standard InChI is InChI=1S/C14H25NO5S/c1-21(19,20)10-9-12(14(17)18)15-13(16)11-7-5-3-2-4-6-8-11/h11-12H,2-10H2,1H3,(H,15,16)(H,17,18). The van der Waals surface area contributed by atoms with Crippen LogP contribution in [0.3, 0.4) is 0 Å². The van der Waals surface area contributed by atoms with Gasteiger partial charge in [-0.05, 0) is 19.3 Å². The van der Waals surface area contributed by atoms with E-state index >= 15 is 0 Å². The van der Waals surface area contributed by atoms with Crippen molar-refractivity contribution in [2.45, 2.75) is 57.4 Å².